The van der Waals surface area contributed by atoms with Crippen molar-refractivity contribution in [3.63, 3.8) is 0 Å². The van der Waals surface area contributed by atoms with Crippen LogP contribution < -0.4 is 0 Å². The maximum atomic E-state index is 15.0. The van der Waals surface area contributed by atoms with Gasteiger partial charge in [-0.15, -0.1) is 6.58 Å². The first-order valence-corrected chi connectivity index (χ1v) is 13.4. The van der Waals surface area contributed by atoms with Crippen LogP contribution in [0.2, 0.25) is 0 Å². The number of amidine groups is 1. The number of aliphatic imine (C=N–C) groups is 1. The van der Waals surface area contributed by atoms with E-state index in [0.29, 0.717) is 4.90 Å². The molecule has 1 aromatic carbocycles. The quantitative estimate of drug-likeness (QED) is 0.277. The van der Waals surface area contributed by atoms with E-state index >= 15 is 4.39 Å². The minimum Gasteiger partial charge on any atom is -0.443 e. The van der Waals surface area contributed by atoms with Gasteiger partial charge >= 0.3 is 12.2 Å². The Kier molecular flexibility index (Phi) is 8.19. The maximum absolute atomic E-state index is 15.0. The summed E-state index contributed by atoms with van der Waals surface area (Å²) in [6, 6.07) is 2.64. The second-order valence-corrected chi connectivity index (χ2v) is 13.8. The third-order valence-electron chi connectivity index (χ3n) is 5.62. The number of nitro benzene ring substituents is 1. The Morgan fingerprint density at radius 2 is 1.66 bits per heavy atom. The van der Waals surface area contributed by atoms with Crippen LogP contribution in [0.4, 0.5) is 19.7 Å². The largest absolute Gasteiger partial charge is 0.443 e. The van der Waals surface area contributed by atoms with E-state index in [1.807, 2.05) is 0 Å². The van der Waals surface area contributed by atoms with Gasteiger partial charge in [0.1, 0.15) is 33.1 Å². The monoisotopic (exact) mass is 555 g/mol. The molecule has 11 nitrogen and oxygen atoms in total. The van der Waals surface area contributed by atoms with Crippen LogP contribution in [0.3, 0.4) is 0 Å². The normalized spacial score (nSPS) is 23.1. The Morgan fingerprint density at radius 1 is 1.16 bits per heavy atom. The number of hydrogen-bond donors (Lipinski definition) is 0. The van der Waals surface area contributed by atoms with Crippen LogP contribution in [-0.4, -0.2) is 58.0 Å². The minimum atomic E-state index is -4.34. The number of rotatable bonds is 4. The lowest BCUT2D eigenvalue weighted by Crippen LogP contribution is -2.62. The first kappa shape index (κ1) is 30.9. The predicted molar refractivity (Wildman–Crippen MR) is 139 cm³/mol. The van der Waals surface area contributed by atoms with Crippen molar-refractivity contribution in [2.24, 2.45) is 4.99 Å². The van der Waals surface area contributed by atoms with Crippen molar-refractivity contribution < 1.29 is 36.8 Å². The smallest absolute Gasteiger partial charge is 0.425 e. The third kappa shape index (κ3) is 6.37. The van der Waals surface area contributed by atoms with Crippen LogP contribution in [-0.2, 0) is 24.8 Å². The van der Waals surface area contributed by atoms with E-state index in [0.717, 1.165) is 18.2 Å². The highest BCUT2D eigenvalue weighted by molar-refractivity contribution is 7.93. The topological polar surface area (TPSA) is 145 Å². The summed E-state index contributed by atoms with van der Waals surface area (Å²) in [6.07, 6.45) is -1.52. The highest BCUT2D eigenvalue weighted by Crippen LogP contribution is 2.42. The Balaban J connectivity index is 2.97. The van der Waals surface area contributed by atoms with Gasteiger partial charge in [0, 0.05) is 17.7 Å². The van der Waals surface area contributed by atoms with Crippen LogP contribution >= 0.6 is 0 Å². The number of non-ortho nitro benzene ring substituents is 1. The lowest BCUT2D eigenvalue weighted by molar-refractivity contribution is -0.385. The molecule has 1 aromatic rings. The summed E-state index contributed by atoms with van der Waals surface area (Å²) in [5.41, 5.74) is -5.06. The fourth-order valence-corrected chi connectivity index (χ4v) is 5.94. The molecule has 2 atom stereocenters. The zero-order chi connectivity index (χ0) is 29.5. The Labute approximate surface area is 221 Å². The summed E-state index contributed by atoms with van der Waals surface area (Å²) >= 11 is 0. The number of nitro groups is 1. The molecule has 0 saturated heterocycles. The van der Waals surface area contributed by atoms with E-state index < -0.39 is 77.1 Å². The molecule has 0 saturated carbocycles. The molecule has 0 aliphatic carbocycles. The standard InChI is InChI=1S/C25H34FN3O8S/c1-10-13-25(9)19(28(20(30)36-22(2,3)4)21(31)37-23(5,6)7)27-24(8,15-38(25,34)35)17-14-16(29(32)33)11-12-18(17)26/h10-12,14H,1,13,15H2,2-9H3/t24-,25?/m0/s1. The van der Waals surface area contributed by atoms with Gasteiger partial charge in [0.2, 0.25) is 0 Å². The van der Waals surface area contributed by atoms with E-state index in [2.05, 4.69) is 11.6 Å². The molecule has 1 heterocycles. The molecule has 38 heavy (non-hydrogen) atoms. The van der Waals surface area contributed by atoms with Gasteiger partial charge in [-0.05, 0) is 67.9 Å². The molecular formula is C25H34FN3O8S. The summed E-state index contributed by atoms with van der Waals surface area (Å²) < 4.78 is 51.5. The van der Waals surface area contributed by atoms with Crippen molar-refractivity contribution in [2.75, 3.05) is 5.75 Å². The number of amides is 2. The molecule has 2 amide bonds. The van der Waals surface area contributed by atoms with E-state index in [1.54, 1.807) is 41.5 Å². The minimum absolute atomic E-state index is 0.274. The number of hydrogen-bond acceptors (Lipinski definition) is 9. The first-order valence-electron chi connectivity index (χ1n) is 11.7. The molecule has 0 fully saturated rings. The van der Waals surface area contributed by atoms with E-state index in [1.165, 1.54) is 19.9 Å². The summed E-state index contributed by atoms with van der Waals surface area (Å²) in [5.74, 6) is -2.31. The molecule has 0 radical (unpaired) electrons. The van der Waals surface area contributed by atoms with Crippen molar-refractivity contribution in [1.29, 1.82) is 0 Å². The van der Waals surface area contributed by atoms with Gasteiger partial charge in [-0.3, -0.25) is 15.1 Å². The number of carbonyl (C=O) groups is 2. The summed E-state index contributed by atoms with van der Waals surface area (Å²) in [4.78, 5) is 42.2. The van der Waals surface area contributed by atoms with Gasteiger partial charge < -0.3 is 9.47 Å². The molecule has 0 bridgehead atoms. The van der Waals surface area contributed by atoms with Crippen LogP contribution in [0, 0.1) is 15.9 Å². The number of nitrogens with zero attached hydrogens (tertiary/aromatic N) is 3. The summed E-state index contributed by atoms with van der Waals surface area (Å²) in [7, 11) is -4.34. The lowest BCUT2D eigenvalue weighted by atomic mass is 9.92. The van der Waals surface area contributed by atoms with Crippen LogP contribution in [0.25, 0.3) is 0 Å². The number of sulfone groups is 1. The number of imide groups is 1. The second kappa shape index (κ2) is 10.1. The fourth-order valence-electron chi connectivity index (χ4n) is 3.87. The molecular weight excluding hydrogens is 521 g/mol. The Bertz CT molecular complexity index is 1270. The SMILES string of the molecule is C=CCC1(C)C(N(C(=O)OC(C)(C)C)C(=O)OC(C)(C)C)=N[C@](C)(c2cc([N+](=O)[O-])ccc2F)CS1(=O)=O. The number of ether oxygens (including phenoxy) is 2. The van der Waals surface area contributed by atoms with Crippen LogP contribution in [0.5, 0.6) is 0 Å². The Morgan fingerprint density at radius 3 is 2.08 bits per heavy atom. The van der Waals surface area contributed by atoms with Crippen LogP contribution in [0.1, 0.15) is 67.4 Å². The average Bonchev–Trinajstić information content (AvgIpc) is 2.69. The molecule has 1 aliphatic heterocycles. The van der Waals surface area contributed by atoms with Crippen molar-refractivity contribution in [2.45, 2.75) is 83.3 Å². The molecule has 0 N–H and O–H groups in total. The predicted octanol–water partition coefficient (Wildman–Crippen LogP) is 5.28. The van der Waals surface area contributed by atoms with E-state index in [9.17, 15) is 28.1 Å². The first-order chi connectivity index (χ1) is 17.1. The second-order valence-electron chi connectivity index (χ2n) is 11.4. The van der Waals surface area contributed by atoms with Crippen LogP contribution in [0.15, 0.2) is 35.8 Å². The Hall–Kier alpha value is -3.35. The molecule has 0 spiro atoms. The highest BCUT2D eigenvalue weighted by Gasteiger charge is 2.57. The third-order valence-corrected chi connectivity index (χ3v) is 8.29. The fraction of sp³-hybridized carbons (Fsp3) is 0.560. The van der Waals surface area contributed by atoms with Gasteiger partial charge in [0.05, 0.1) is 10.7 Å². The molecule has 1 unspecified atom stereocenters. The van der Waals surface area contributed by atoms with Crippen molar-refractivity contribution in [3.8, 4) is 0 Å². The molecule has 210 valence electrons. The van der Waals surface area contributed by atoms with E-state index in [4.69, 9.17) is 9.47 Å². The van der Waals surface area contributed by atoms with Gasteiger partial charge in [-0.25, -0.2) is 22.4 Å². The van der Waals surface area contributed by atoms with Gasteiger partial charge in [0.25, 0.3) is 5.69 Å². The zero-order valence-corrected chi connectivity index (χ0v) is 23.6. The number of benzene rings is 1. The zero-order valence-electron chi connectivity index (χ0n) is 22.8. The molecule has 13 heteroatoms. The van der Waals surface area contributed by atoms with Gasteiger partial charge in [-0.2, -0.15) is 4.90 Å². The molecule has 1 aliphatic rings. The van der Waals surface area contributed by atoms with Gasteiger partial charge in [0.15, 0.2) is 9.84 Å². The lowest BCUT2D eigenvalue weighted by Gasteiger charge is -2.43. The van der Waals surface area contributed by atoms with Crippen molar-refractivity contribution >= 4 is 33.5 Å². The summed E-state index contributed by atoms with van der Waals surface area (Å²) in [6.45, 7) is 15.4. The molecule has 2 rings (SSSR count). The van der Waals surface area contributed by atoms with Crippen molar-refractivity contribution in [3.05, 3.63) is 52.3 Å². The van der Waals surface area contributed by atoms with E-state index in [-0.39, 0.29) is 6.42 Å². The number of allylic oxidation sites excluding steroid dienone is 1. The highest BCUT2D eigenvalue weighted by atomic mass is 32.2. The average molecular weight is 556 g/mol. The van der Waals surface area contributed by atoms with Gasteiger partial charge in [-0.1, -0.05) is 6.08 Å². The summed E-state index contributed by atoms with van der Waals surface area (Å²) in [5, 5.41) is 11.4. The maximum Gasteiger partial charge on any atom is 0.425 e. The van der Waals surface area contributed by atoms with Crippen molar-refractivity contribution in [1.82, 2.24) is 4.90 Å². The molecule has 0 aromatic heterocycles. The number of carbonyl (C=O) groups excluding carboxylic acids is 2. The number of halogens is 1.